The molecular weight excluding hydrogens is 121 g/mol. The molecule has 0 amide bonds. The lowest BCUT2D eigenvalue weighted by Gasteiger charge is -2.27. The number of aliphatic hydroxyl groups excluding tert-OH is 1. The molecule has 1 N–H and O–H groups in total. The normalized spacial score (nSPS) is 39.0. The van der Waals surface area contributed by atoms with Gasteiger partial charge in [-0.15, -0.1) is 9.60 Å². The first-order valence-corrected chi connectivity index (χ1v) is 3.29. The predicted molar refractivity (Wildman–Crippen MR) is 32.5 cm³/mol. The van der Waals surface area contributed by atoms with Gasteiger partial charge < -0.3 is 5.11 Å². The van der Waals surface area contributed by atoms with Crippen LogP contribution in [0.4, 0.5) is 4.48 Å². The lowest BCUT2D eigenvalue weighted by molar-refractivity contribution is -0.0611. The standard InChI is InChI=1S/C6H12FNO/c1-5-4-8(7)3-2-6(5)9/h5-6,9H,2-4H2,1H3. The molecule has 2 unspecified atom stereocenters. The highest BCUT2D eigenvalue weighted by Crippen LogP contribution is 2.15. The molecule has 0 spiro atoms. The van der Waals surface area contributed by atoms with Gasteiger partial charge in [0.1, 0.15) is 0 Å². The topological polar surface area (TPSA) is 23.5 Å². The van der Waals surface area contributed by atoms with Crippen molar-refractivity contribution in [2.75, 3.05) is 13.1 Å². The smallest absolute Gasteiger partial charge is 0.0592 e. The number of hydrogen-bond donors (Lipinski definition) is 1. The maximum Gasteiger partial charge on any atom is 0.0592 e. The molecule has 0 aromatic heterocycles. The summed E-state index contributed by atoms with van der Waals surface area (Å²) < 4.78 is 12.3. The molecule has 0 aliphatic carbocycles. The molecule has 2 atom stereocenters. The fourth-order valence-corrected chi connectivity index (χ4v) is 1.08. The second-order valence-corrected chi connectivity index (χ2v) is 2.70. The van der Waals surface area contributed by atoms with Crippen molar-refractivity contribution in [3.63, 3.8) is 0 Å². The van der Waals surface area contributed by atoms with Gasteiger partial charge in [-0.1, -0.05) is 6.92 Å². The Morgan fingerprint density at radius 3 is 2.78 bits per heavy atom. The third-order valence-electron chi connectivity index (χ3n) is 1.81. The van der Waals surface area contributed by atoms with E-state index < -0.39 is 0 Å². The molecule has 1 aliphatic rings. The van der Waals surface area contributed by atoms with Gasteiger partial charge in [0, 0.05) is 13.1 Å². The molecule has 0 aromatic carbocycles. The molecule has 0 radical (unpaired) electrons. The van der Waals surface area contributed by atoms with Crippen LogP contribution in [0.1, 0.15) is 13.3 Å². The minimum atomic E-state index is -0.294. The Kier molecular flexibility index (Phi) is 2.03. The molecular formula is C6H12FNO. The van der Waals surface area contributed by atoms with Gasteiger partial charge in [0.15, 0.2) is 0 Å². The van der Waals surface area contributed by atoms with E-state index in [1.54, 1.807) is 0 Å². The molecule has 54 valence electrons. The first-order chi connectivity index (χ1) is 4.20. The molecule has 1 aliphatic heterocycles. The summed E-state index contributed by atoms with van der Waals surface area (Å²) in [5, 5.41) is 9.86. The summed E-state index contributed by atoms with van der Waals surface area (Å²) in [4.78, 5) is 0. The van der Waals surface area contributed by atoms with Crippen molar-refractivity contribution in [1.82, 2.24) is 5.12 Å². The van der Waals surface area contributed by atoms with E-state index in [-0.39, 0.29) is 12.0 Å². The second-order valence-electron chi connectivity index (χ2n) is 2.70. The van der Waals surface area contributed by atoms with Crippen molar-refractivity contribution < 1.29 is 9.59 Å². The van der Waals surface area contributed by atoms with Crippen LogP contribution in [0.2, 0.25) is 0 Å². The van der Waals surface area contributed by atoms with E-state index in [4.69, 9.17) is 5.11 Å². The first-order valence-electron chi connectivity index (χ1n) is 3.29. The Morgan fingerprint density at radius 1 is 1.67 bits per heavy atom. The van der Waals surface area contributed by atoms with Crippen molar-refractivity contribution in [2.45, 2.75) is 19.4 Å². The van der Waals surface area contributed by atoms with Crippen molar-refractivity contribution in [3.8, 4) is 0 Å². The van der Waals surface area contributed by atoms with Crippen molar-refractivity contribution in [3.05, 3.63) is 0 Å². The Hall–Kier alpha value is -0.150. The maximum atomic E-state index is 12.3. The average molecular weight is 133 g/mol. The van der Waals surface area contributed by atoms with Crippen LogP contribution in [0.15, 0.2) is 0 Å². The maximum absolute atomic E-state index is 12.3. The number of nitrogens with zero attached hydrogens (tertiary/aromatic N) is 1. The summed E-state index contributed by atoms with van der Waals surface area (Å²) >= 11 is 0. The third kappa shape index (κ3) is 1.63. The predicted octanol–water partition coefficient (Wildman–Crippen LogP) is 0.574. The van der Waals surface area contributed by atoms with Crippen LogP contribution in [-0.4, -0.2) is 29.4 Å². The van der Waals surface area contributed by atoms with Crippen molar-refractivity contribution in [1.29, 1.82) is 0 Å². The van der Waals surface area contributed by atoms with Crippen LogP contribution in [0.3, 0.4) is 0 Å². The fourth-order valence-electron chi connectivity index (χ4n) is 1.08. The van der Waals surface area contributed by atoms with Crippen LogP contribution in [-0.2, 0) is 0 Å². The van der Waals surface area contributed by atoms with Crippen molar-refractivity contribution >= 4 is 0 Å². The molecule has 2 nitrogen and oxygen atoms in total. The van der Waals surface area contributed by atoms with Crippen molar-refractivity contribution in [2.24, 2.45) is 5.92 Å². The van der Waals surface area contributed by atoms with E-state index in [1.807, 2.05) is 6.92 Å². The molecule has 1 saturated heterocycles. The van der Waals surface area contributed by atoms with Gasteiger partial charge in [0.2, 0.25) is 0 Å². The number of hydrogen-bond acceptors (Lipinski definition) is 2. The molecule has 0 saturated carbocycles. The fraction of sp³-hybridized carbons (Fsp3) is 1.00. The average Bonchev–Trinajstić information content (AvgIpc) is 1.80. The summed E-state index contributed by atoms with van der Waals surface area (Å²) in [6.45, 7) is 2.61. The minimum Gasteiger partial charge on any atom is -0.393 e. The Labute approximate surface area is 54.2 Å². The minimum absolute atomic E-state index is 0.0868. The lowest BCUT2D eigenvalue weighted by atomic mass is 9.98. The van der Waals surface area contributed by atoms with Gasteiger partial charge in [-0.2, -0.15) is 0 Å². The number of halogens is 1. The summed E-state index contributed by atoms with van der Waals surface area (Å²) in [6.07, 6.45) is 0.273. The van der Waals surface area contributed by atoms with Gasteiger partial charge >= 0.3 is 0 Å². The summed E-state index contributed by atoms with van der Waals surface area (Å²) in [5.74, 6) is 0.0868. The molecule has 0 bridgehead atoms. The van der Waals surface area contributed by atoms with Crippen LogP contribution >= 0.6 is 0 Å². The van der Waals surface area contributed by atoms with E-state index in [1.165, 1.54) is 0 Å². The van der Waals surface area contributed by atoms with Crippen LogP contribution in [0.25, 0.3) is 0 Å². The Bertz CT molecular complexity index is 99.1. The zero-order valence-electron chi connectivity index (χ0n) is 5.55. The largest absolute Gasteiger partial charge is 0.393 e. The van der Waals surface area contributed by atoms with E-state index >= 15 is 0 Å². The number of piperidine rings is 1. The second kappa shape index (κ2) is 2.62. The van der Waals surface area contributed by atoms with Gasteiger partial charge in [-0.05, 0) is 12.3 Å². The van der Waals surface area contributed by atoms with Gasteiger partial charge in [0.05, 0.1) is 6.10 Å². The monoisotopic (exact) mass is 133 g/mol. The van der Waals surface area contributed by atoms with E-state index in [0.29, 0.717) is 19.5 Å². The third-order valence-corrected chi connectivity index (χ3v) is 1.81. The van der Waals surface area contributed by atoms with Crippen LogP contribution in [0.5, 0.6) is 0 Å². The van der Waals surface area contributed by atoms with Crippen LogP contribution in [0, 0.1) is 5.92 Å². The zero-order chi connectivity index (χ0) is 6.85. The quantitative estimate of drug-likeness (QED) is 0.488. The summed E-state index contributed by atoms with van der Waals surface area (Å²) in [7, 11) is 0. The van der Waals surface area contributed by atoms with E-state index in [0.717, 1.165) is 5.12 Å². The summed E-state index contributed by atoms with van der Waals surface area (Å²) in [6, 6.07) is 0. The van der Waals surface area contributed by atoms with Gasteiger partial charge in [-0.3, -0.25) is 0 Å². The SMILES string of the molecule is CC1CN(F)CCC1O. The molecule has 3 heteroatoms. The molecule has 1 rings (SSSR count). The highest BCUT2D eigenvalue weighted by atomic mass is 19.2. The highest BCUT2D eigenvalue weighted by molar-refractivity contribution is 4.72. The number of rotatable bonds is 0. The molecule has 9 heavy (non-hydrogen) atoms. The highest BCUT2D eigenvalue weighted by Gasteiger charge is 2.23. The summed E-state index contributed by atoms with van der Waals surface area (Å²) in [5.41, 5.74) is 0. The van der Waals surface area contributed by atoms with Crippen LogP contribution < -0.4 is 0 Å². The number of aliphatic hydroxyl groups is 1. The van der Waals surface area contributed by atoms with E-state index in [9.17, 15) is 4.48 Å². The molecule has 1 heterocycles. The Balaban J connectivity index is 2.35. The molecule has 0 aromatic rings. The van der Waals surface area contributed by atoms with Gasteiger partial charge in [0.25, 0.3) is 0 Å². The first kappa shape index (κ1) is 6.96. The zero-order valence-corrected chi connectivity index (χ0v) is 5.55. The Morgan fingerprint density at radius 2 is 2.33 bits per heavy atom. The lowest BCUT2D eigenvalue weighted by Crippen LogP contribution is -2.37. The van der Waals surface area contributed by atoms with Gasteiger partial charge in [-0.25, -0.2) is 0 Å². The van der Waals surface area contributed by atoms with E-state index in [2.05, 4.69) is 0 Å². The molecule has 1 fully saturated rings.